The lowest BCUT2D eigenvalue weighted by atomic mass is 9.69. The second-order valence-electron chi connectivity index (χ2n) is 14.1. The van der Waals surface area contributed by atoms with E-state index in [0.29, 0.717) is 30.6 Å². The van der Waals surface area contributed by atoms with Crippen LogP contribution in [0.1, 0.15) is 74.9 Å². The van der Waals surface area contributed by atoms with Crippen molar-refractivity contribution in [1.29, 1.82) is 0 Å². The second-order valence-corrected chi connectivity index (χ2v) is 15.5. The molecule has 0 bridgehead atoms. The molecule has 0 radical (unpaired) electrons. The average molecular weight is 711 g/mol. The van der Waals surface area contributed by atoms with Gasteiger partial charge in [-0.2, -0.15) is 0 Å². The van der Waals surface area contributed by atoms with Gasteiger partial charge in [-0.05, 0) is 101 Å². The van der Waals surface area contributed by atoms with Crippen LogP contribution in [0, 0.1) is 11.3 Å². The van der Waals surface area contributed by atoms with Crippen LogP contribution in [0.15, 0.2) is 53.7 Å². The smallest absolute Gasteiger partial charge is 0.250 e. The largest absolute Gasteiger partial charge is 0.530 e. The number of pyridine rings is 1. The number of likely N-dealkylation sites (tertiary alicyclic amines) is 1. The molecule has 3 aromatic rings. The molecule has 0 N–H and O–H groups in total. The number of fused-ring (bicyclic) bond motifs is 2. The van der Waals surface area contributed by atoms with Crippen molar-refractivity contribution in [2.45, 2.75) is 77.4 Å². The molecule has 2 aliphatic heterocycles. The molecule has 6 rings (SSSR count). The Kier molecular flexibility index (Phi) is 9.52. The van der Waals surface area contributed by atoms with E-state index in [-0.39, 0.29) is 25.0 Å². The van der Waals surface area contributed by atoms with Crippen molar-refractivity contribution in [1.82, 2.24) is 29.2 Å². The predicted octanol–water partition coefficient (Wildman–Crippen LogP) is 5.35. The van der Waals surface area contributed by atoms with Crippen molar-refractivity contribution >= 4 is 39.5 Å². The van der Waals surface area contributed by atoms with E-state index < -0.39 is 17.0 Å². The summed E-state index contributed by atoms with van der Waals surface area (Å²) in [4.78, 5) is 42.4. The molecule has 2 aromatic heterocycles. The van der Waals surface area contributed by atoms with Crippen molar-refractivity contribution in [2.75, 3.05) is 32.7 Å². The molecule has 2 saturated heterocycles. The highest BCUT2D eigenvalue weighted by Crippen LogP contribution is 2.45. The van der Waals surface area contributed by atoms with E-state index >= 15 is 0 Å². The topological polar surface area (TPSA) is 97.6 Å². The Morgan fingerprint density at radius 2 is 1.85 bits per heavy atom. The first-order valence-corrected chi connectivity index (χ1v) is 17.6. The summed E-state index contributed by atoms with van der Waals surface area (Å²) in [5.41, 5.74) is 2.28. The maximum absolute atomic E-state index is 14.9. The molecule has 2 atom stereocenters. The Morgan fingerprint density at radius 1 is 1.09 bits per heavy atom. The fraction of sp³-hybridized carbons (Fsp3) is 0.543. The van der Waals surface area contributed by atoms with E-state index in [1.807, 2.05) is 56.5 Å². The fourth-order valence-corrected chi connectivity index (χ4v) is 8.51. The van der Waals surface area contributed by atoms with Crippen LogP contribution in [0.4, 0.5) is 4.79 Å². The van der Waals surface area contributed by atoms with Gasteiger partial charge in [0.1, 0.15) is 11.6 Å². The minimum atomic E-state index is -1.34. The van der Waals surface area contributed by atoms with E-state index in [0.717, 1.165) is 71.9 Å². The lowest BCUT2D eigenvalue weighted by Crippen LogP contribution is -2.76. The Labute approximate surface area is 285 Å². The third kappa shape index (κ3) is 6.32. The molecule has 246 valence electrons. The monoisotopic (exact) mass is 709 g/mol. The molecule has 1 aliphatic carbocycles. The van der Waals surface area contributed by atoms with Crippen LogP contribution in [-0.2, 0) is 24.2 Å². The molecular formula is C35H43BrClN6O3-. The molecule has 9 nitrogen and oxygen atoms in total. The van der Waals surface area contributed by atoms with Gasteiger partial charge in [0.2, 0.25) is 5.91 Å². The van der Waals surface area contributed by atoms with Gasteiger partial charge in [-0.3, -0.25) is 14.7 Å². The molecular weight excluding hydrogens is 668 g/mol. The number of carbonyl (C=O) groups excluding carboxylic acids is 2. The third-order valence-electron chi connectivity index (χ3n) is 10.5. The van der Waals surface area contributed by atoms with Crippen molar-refractivity contribution in [3.05, 3.63) is 81.1 Å². The van der Waals surface area contributed by atoms with Gasteiger partial charge in [0, 0.05) is 67.4 Å². The summed E-state index contributed by atoms with van der Waals surface area (Å²) >= 11 is 10.1. The summed E-state index contributed by atoms with van der Waals surface area (Å²) in [7, 11) is 0. The van der Waals surface area contributed by atoms with E-state index in [1.54, 1.807) is 6.20 Å². The van der Waals surface area contributed by atoms with Gasteiger partial charge >= 0.3 is 0 Å². The number of piperazine rings is 1. The zero-order valence-electron chi connectivity index (χ0n) is 26.9. The summed E-state index contributed by atoms with van der Waals surface area (Å²) in [5, 5.41) is 13.6. The maximum Gasteiger partial charge on any atom is 0.250 e. The predicted molar refractivity (Wildman–Crippen MR) is 179 cm³/mol. The number of rotatable bonds is 6. The first kappa shape index (κ1) is 33.0. The van der Waals surface area contributed by atoms with E-state index in [2.05, 4.69) is 42.5 Å². The number of halogens is 2. The van der Waals surface area contributed by atoms with E-state index in [4.69, 9.17) is 16.6 Å². The molecule has 46 heavy (non-hydrogen) atoms. The molecule has 3 aliphatic rings. The molecule has 0 saturated carbocycles. The van der Waals surface area contributed by atoms with E-state index in [9.17, 15) is 14.7 Å². The Bertz CT molecular complexity index is 1520. The number of aromatic nitrogens is 3. The Balaban J connectivity index is 1.31. The second kappa shape index (κ2) is 13.3. The number of carbonyl (C=O) groups is 2. The number of amides is 2. The van der Waals surface area contributed by atoms with E-state index in [1.165, 1.54) is 4.90 Å². The summed E-state index contributed by atoms with van der Waals surface area (Å²) in [6.45, 7) is 8.98. The van der Waals surface area contributed by atoms with Crippen LogP contribution in [-0.4, -0.2) is 79.5 Å². The van der Waals surface area contributed by atoms with Crippen LogP contribution in [0.3, 0.4) is 0 Å². The lowest BCUT2D eigenvalue weighted by Gasteiger charge is -2.59. The van der Waals surface area contributed by atoms with Gasteiger partial charge in [-0.15, -0.1) is 0 Å². The zero-order chi connectivity index (χ0) is 32.6. The zero-order valence-corrected chi connectivity index (χ0v) is 29.3. The minimum Gasteiger partial charge on any atom is -0.530 e. The number of carboxylic acid groups (broad SMARTS) is 1. The summed E-state index contributed by atoms with van der Waals surface area (Å²) in [6, 6.07) is 7.89. The molecule has 1 unspecified atom stereocenters. The van der Waals surface area contributed by atoms with Gasteiger partial charge in [-0.1, -0.05) is 38.4 Å². The number of aryl methyl sites for hydroxylation is 3. The molecule has 4 heterocycles. The van der Waals surface area contributed by atoms with Crippen LogP contribution < -0.4 is 5.11 Å². The SMILES string of the molecule is CC(C)(C)[C@]1(C(=O)N2CCC(CCCn3ccnc3)CC2)CN(C2c3ccc(Cl)cc3CCc3cc(Br)cnc32)CCN1C(=O)[O-]. The number of piperidine rings is 1. The standard InChI is InChI=1S/C35H44BrClN6O3/c1-34(2,3)35(32(44)41-14-10-24(11-15-41)5-4-13-40-16-12-38-23-40)22-42(17-18-43(35)33(45)46)31-29-9-8-28(37)20-25(29)6-7-26-19-27(36)21-39-30(26)31/h8-9,12,16,19-21,23-24,31H,4-7,10-11,13-15,17-18,22H2,1-3H3,(H,45,46)/p-1/t31?,35-/m1/s1. The lowest BCUT2D eigenvalue weighted by molar-refractivity contribution is -0.278. The van der Waals surface area contributed by atoms with Crippen LogP contribution in [0.2, 0.25) is 5.02 Å². The minimum absolute atomic E-state index is 0.125. The van der Waals surface area contributed by atoms with Crippen molar-refractivity contribution < 1.29 is 14.7 Å². The average Bonchev–Trinajstić information content (AvgIpc) is 3.49. The van der Waals surface area contributed by atoms with Crippen molar-refractivity contribution in [3.8, 4) is 0 Å². The number of hydrogen-bond donors (Lipinski definition) is 0. The highest BCUT2D eigenvalue weighted by atomic mass is 79.9. The Morgan fingerprint density at radius 3 is 2.54 bits per heavy atom. The number of imidazole rings is 1. The van der Waals surface area contributed by atoms with Gasteiger partial charge in [0.15, 0.2) is 0 Å². The van der Waals surface area contributed by atoms with Gasteiger partial charge < -0.3 is 24.3 Å². The van der Waals surface area contributed by atoms with Crippen LogP contribution >= 0.6 is 27.5 Å². The quantitative estimate of drug-likeness (QED) is 0.343. The summed E-state index contributed by atoms with van der Waals surface area (Å²) < 4.78 is 3.02. The number of hydrogen-bond acceptors (Lipinski definition) is 6. The number of benzene rings is 1. The third-order valence-corrected chi connectivity index (χ3v) is 11.1. The normalized spacial score (nSPS) is 22.7. The highest BCUT2D eigenvalue weighted by molar-refractivity contribution is 9.10. The van der Waals surface area contributed by atoms with Crippen molar-refractivity contribution in [3.63, 3.8) is 0 Å². The Hall–Kier alpha value is -2.95. The fourth-order valence-electron chi connectivity index (χ4n) is 7.94. The van der Waals surface area contributed by atoms with Crippen molar-refractivity contribution in [2.24, 2.45) is 11.3 Å². The highest BCUT2D eigenvalue weighted by Gasteiger charge is 2.58. The molecule has 11 heteroatoms. The molecule has 2 amide bonds. The number of nitrogens with zero attached hydrogens (tertiary/aromatic N) is 6. The summed E-state index contributed by atoms with van der Waals surface area (Å²) in [5.74, 6) is 0.411. The summed E-state index contributed by atoms with van der Waals surface area (Å²) in [6.07, 6.45) is 11.8. The van der Waals surface area contributed by atoms with Crippen LogP contribution in [0.5, 0.6) is 0 Å². The van der Waals surface area contributed by atoms with Gasteiger partial charge in [0.25, 0.3) is 0 Å². The maximum atomic E-state index is 14.9. The van der Waals surface area contributed by atoms with Gasteiger partial charge in [0.05, 0.1) is 18.1 Å². The van der Waals surface area contributed by atoms with Crippen LogP contribution in [0.25, 0.3) is 0 Å². The first-order chi connectivity index (χ1) is 22.0. The molecule has 2 fully saturated rings. The van der Waals surface area contributed by atoms with Gasteiger partial charge in [-0.25, -0.2) is 4.98 Å². The molecule has 1 aromatic carbocycles. The molecule has 0 spiro atoms. The first-order valence-electron chi connectivity index (χ1n) is 16.4.